The summed E-state index contributed by atoms with van der Waals surface area (Å²) in [6.07, 6.45) is -3.81. The van der Waals surface area contributed by atoms with Crippen LogP contribution >= 0.6 is 15.9 Å². The van der Waals surface area contributed by atoms with Gasteiger partial charge in [-0.15, -0.1) is 0 Å². The monoisotopic (exact) mass is 452 g/mol. The molecule has 0 unspecified atom stereocenters. The van der Waals surface area contributed by atoms with Crippen molar-refractivity contribution in [2.75, 3.05) is 24.4 Å². The minimum absolute atomic E-state index is 0.0608. The third kappa shape index (κ3) is 4.53. The zero-order chi connectivity index (χ0) is 20.3. The Kier molecular flexibility index (Phi) is 5.73. The molecule has 28 heavy (non-hydrogen) atoms. The topological polar surface area (TPSA) is 50.3 Å². The standard InChI is InChI=1S/C19H16BrF3N4O/c1-27(14-7-9-15(28-2)10-8-14)17-16(19(21,22)23)11-24-18(26-17)25-13-5-3-12(20)4-6-13/h3-11H,1-2H3,(H,24,25,26). The summed E-state index contributed by atoms with van der Waals surface area (Å²) >= 11 is 3.33. The van der Waals surface area contributed by atoms with Crippen molar-refractivity contribution in [1.29, 1.82) is 0 Å². The molecule has 0 spiro atoms. The van der Waals surface area contributed by atoms with Crippen molar-refractivity contribution < 1.29 is 17.9 Å². The zero-order valence-electron chi connectivity index (χ0n) is 15.0. The average molecular weight is 453 g/mol. The molecule has 5 nitrogen and oxygen atoms in total. The maximum Gasteiger partial charge on any atom is 0.421 e. The fourth-order valence-corrected chi connectivity index (χ4v) is 2.74. The highest BCUT2D eigenvalue weighted by Crippen LogP contribution is 2.38. The van der Waals surface area contributed by atoms with Crippen molar-refractivity contribution >= 4 is 39.1 Å². The van der Waals surface area contributed by atoms with E-state index in [1.807, 2.05) is 0 Å². The fraction of sp³-hybridized carbons (Fsp3) is 0.158. The second-order valence-electron chi connectivity index (χ2n) is 5.82. The lowest BCUT2D eigenvalue weighted by Gasteiger charge is -2.23. The second kappa shape index (κ2) is 8.05. The van der Waals surface area contributed by atoms with Gasteiger partial charge in [0.1, 0.15) is 11.3 Å². The number of methoxy groups -OCH3 is 1. The Balaban J connectivity index is 1.98. The first-order chi connectivity index (χ1) is 13.3. The van der Waals surface area contributed by atoms with Crippen LogP contribution in [0, 0.1) is 0 Å². The number of rotatable bonds is 5. The van der Waals surface area contributed by atoms with Gasteiger partial charge in [0.05, 0.1) is 7.11 Å². The van der Waals surface area contributed by atoms with E-state index in [1.165, 1.54) is 19.1 Å². The molecular formula is C19H16BrF3N4O. The van der Waals surface area contributed by atoms with Crippen LogP contribution in [0.25, 0.3) is 0 Å². The molecule has 0 aliphatic carbocycles. The summed E-state index contributed by atoms with van der Waals surface area (Å²) in [6.45, 7) is 0. The predicted octanol–water partition coefficient (Wildman–Crippen LogP) is 5.78. The van der Waals surface area contributed by atoms with Gasteiger partial charge in [0.2, 0.25) is 5.95 Å². The molecule has 3 aromatic rings. The summed E-state index contributed by atoms with van der Waals surface area (Å²) in [5, 5.41) is 2.92. The smallest absolute Gasteiger partial charge is 0.421 e. The van der Waals surface area contributed by atoms with E-state index in [0.29, 0.717) is 17.1 Å². The first kappa shape index (κ1) is 19.9. The van der Waals surface area contributed by atoms with Gasteiger partial charge >= 0.3 is 6.18 Å². The average Bonchev–Trinajstić information content (AvgIpc) is 2.68. The number of halogens is 4. The summed E-state index contributed by atoms with van der Waals surface area (Å²) in [6, 6.07) is 13.8. The Labute approximate surface area is 168 Å². The normalized spacial score (nSPS) is 11.2. The molecule has 0 amide bonds. The Morgan fingerprint density at radius 2 is 1.68 bits per heavy atom. The summed E-state index contributed by atoms with van der Waals surface area (Å²) in [5.74, 6) is 0.409. The van der Waals surface area contributed by atoms with Crippen molar-refractivity contribution in [3.05, 3.63) is 64.8 Å². The number of nitrogens with zero attached hydrogens (tertiary/aromatic N) is 3. The zero-order valence-corrected chi connectivity index (χ0v) is 16.5. The molecule has 3 rings (SSSR count). The third-order valence-electron chi connectivity index (χ3n) is 3.95. The lowest BCUT2D eigenvalue weighted by molar-refractivity contribution is -0.137. The summed E-state index contributed by atoms with van der Waals surface area (Å²) in [4.78, 5) is 9.30. The Hall–Kier alpha value is -2.81. The molecule has 0 atom stereocenters. The van der Waals surface area contributed by atoms with Gasteiger partial charge in [0.25, 0.3) is 0 Å². The highest BCUT2D eigenvalue weighted by molar-refractivity contribution is 9.10. The number of benzene rings is 2. The van der Waals surface area contributed by atoms with Crippen LogP contribution < -0.4 is 15.0 Å². The largest absolute Gasteiger partial charge is 0.497 e. The van der Waals surface area contributed by atoms with Gasteiger partial charge in [0, 0.05) is 29.1 Å². The maximum absolute atomic E-state index is 13.5. The van der Waals surface area contributed by atoms with Crippen molar-refractivity contribution in [2.24, 2.45) is 0 Å². The Morgan fingerprint density at radius 3 is 2.25 bits per heavy atom. The van der Waals surface area contributed by atoms with Crippen LogP contribution in [0.5, 0.6) is 5.75 Å². The van der Waals surface area contributed by atoms with E-state index in [1.54, 1.807) is 48.5 Å². The number of hydrogen-bond donors (Lipinski definition) is 1. The van der Waals surface area contributed by atoms with E-state index in [0.717, 1.165) is 10.7 Å². The van der Waals surface area contributed by atoms with Crippen LogP contribution in [0.3, 0.4) is 0 Å². The van der Waals surface area contributed by atoms with Gasteiger partial charge in [-0.3, -0.25) is 0 Å². The molecule has 0 saturated heterocycles. The van der Waals surface area contributed by atoms with Gasteiger partial charge in [-0.2, -0.15) is 18.2 Å². The highest BCUT2D eigenvalue weighted by Gasteiger charge is 2.36. The minimum Gasteiger partial charge on any atom is -0.497 e. The maximum atomic E-state index is 13.5. The van der Waals surface area contributed by atoms with Crippen LogP contribution in [-0.4, -0.2) is 24.1 Å². The van der Waals surface area contributed by atoms with Crippen molar-refractivity contribution in [1.82, 2.24) is 9.97 Å². The first-order valence-electron chi connectivity index (χ1n) is 8.12. The molecule has 0 bridgehead atoms. The molecule has 0 radical (unpaired) electrons. The molecule has 1 N–H and O–H groups in total. The quantitative estimate of drug-likeness (QED) is 0.531. The van der Waals surface area contributed by atoms with Crippen molar-refractivity contribution in [3.8, 4) is 5.75 Å². The lowest BCUT2D eigenvalue weighted by Crippen LogP contribution is -2.19. The van der Waals surface area contributed by atoms with Gasteiger partial charge in [0.15, 0.2) is 5.82 Å². The van der Waals surface area contributed by atoms with Crippen LogP contribution in [0.1, 0.15) is 5.56 Å². The molecule has 2 aromatic carbocycles. The van der Waals surface area contributed by atoms with Crippen molar-refractivity contribution in [3.63, 3.8) is 0 Å². The molecule has 146 valence electrons. The lowest BCUT2D eigenvalue weighted by atomic mass is 10.2. The number of aromatic nitrogens is 2. The SMILES string of the molecule is COc1ccc(N(C)c2nc(Nc3ccc(Br)cc3)ncc2C(F)(F)F)cc1. The fourth-order valence-electron chi connectivity index (χ4n) is 2.48. The molecule has 0 saturated carbocycles. The van der Waals surface area contributed by atoms with E-state index in [4.69, 9.17) is 4.74 Å². The van der Waals surface area contributed by atoms with Gasteiger partial charge in [-0.1, -0.05) is 15.9 Å². The van der Waals surface area contributed by atoms with Gasteiger partial charge in [-0.05, 0) is 48.5 Å². The Bertz CT molecular complexity index is 947. The molecule has 0 aliphatic rings. The summed E-state index contributed by atoms with van der Waals surface area (Å²) < 4.78 is 46.5. The van der Waals surface area contributed by atoms with E-state index in [9.17, 15) is 13.2 Å². The molecule has 0 aliphatic heterocycles. The number of anilines is 4. The molecule has 9 heteroatoms. The van der Waals surface area contributed by atoms with Crippen LogP contribution in [-0.2, 0) is 6.18 Å². The summed E-state index contributed by atoms with van der Waals surface area (Å²) in [5.41, 5.74) is 0.257. The number of alkyl halides is 3. The number of hydrogen-bond acceptors (Lipinski definition) is 5. The predicted molar refractivity (Wildman–Crippen MR) is 106 cm³/mol. The molecule has 1 aromatic heterocycles. The Morgan fingerprint density at radius 1 is 1.04 bits per heavy atom. The molecule has 1 heterocycles. The molecule has 0 fully saturated rings. The highest BCUT2D eigenvalue weighted by atomic mass is 79.9. The van der Waals surface area contributed by atoms with E-state index in [-0.39, 0.29) is 11.8 Å². The molecular weight excluding hydrogens is 437 g/mol. The van der Waals surface area contributed by atoms with E-state index >= 15 is 0 Å². The van der Waals surface area contributed by atoms with Gasteiger partial charge in [-0.25, -0.2) is 4.98 Å². The third-order valence-corrected chi connectivity index (χ3v) is 4.48. The number of nitrogens with one attached hydrogen (secondary N) is 1. The van der Waals surface area contributed by atoms with E-state index < -0.39 is 11.7 Å². The van der Waals surface area contributed by atoms with Crippen molar-refractivity contribution in [2.45, 2.75) is 6.18 Å². The van der Waals surface area contributed by atoms with Crippen LogP contribution in [0.2, 0.25) is 0 Å². The van der Waals surface area contributed by atoms with Crippen LogP contribution in [0.15, 0.2) is 59.2 Å². The van der Waals surface area contributed by atoms with E-state index in [2.05, 4.69) is 31.2 Å². The number of ether oxygens (including phenoxy) is 1. The second-order valence-corrected chi connectivity index (χ2v) is 6.73. The minimum atomic E-state index is -4.59. The van der Waals surface area contributed by atoms with Crippen LogP contribution in [0.4, 0.5) is 36.3 Å². The first-order valence-corrected chi connectivity index (χ1v) is 8.92. The van der Waals surface area contributed by atoms with Gasteiger partial charge < -0.3 is 15.0 Å². The summed E-state index contributed by atoms with van der Waals surface area (Å²) in [7, 11) is 3.04.